The average molecular weight is 371 g/mol. The van der Waals surface area contributed by atoms with E-state index in [1.807, 2.05) is 38.1 Å². The van der Waals surface area contributed by atoms with E-state index < -0.39 is 0 Å². The van der Waals surface area contributed by atoms with Gasteiger partial charge in [-0.2, -0.15) is 0 Å². The molecule has 0 aliphatic carbocycles. The second-order valence-electron chi connectivity index (χ2n) is 6.09. The summed E-state index contributed by atoms with van der Waals surface area (Å²) in [4.78, 5) is 23.8. The second kappa shape index (κ2) is 7.88. The summed E-state index contributed by atoms with van der Waals surface area (Å²) in [5.74, 6) is 1.89. The van der Waals surface area contributed by atoms with Gasteiger partial charge in [0.2, 0.25) is 5.89 Å². The molecule has 0 aliphatic heterocycles. The zero-order chi connectivity index (χ0) is 18.7. The number of aromatic nitrogens is 3. The molecule has 0 spiro atoms. The van der Waals surface area contributed by atoms with Gasteiger partial charge in [0.25, 0.3) is 5.56 Å². The molecule has 0 fully saturated rings. The van der Waals surface area contributed by atoms with Crippen LogP contribution in [-0.4, -0.2) is 26.7 Å². The van der Waals surface area contributed by atoms with Crippen LogP contribution in [0.2, 0.25) is 0 Å². The molecule has 0 unspecified atom stereocenters. The van der Waals surface area contributed by atoms with Gasteiger partial charge in [0.05, 0.1) is 5.69 Å². The molecule has 136 valence electrons. The lowest BCUT2D eigenvalue weighted by Crippen LogP contribution is -2.18. The highest BCUT2D eigenvalue weighted by Crippen LogP contribution is 2.26. The van der Waals surface area contributed by atoms with E-state index >= 15 is 0 Å². The van der Waals surface area contributed by atoms with Crippen LogP contribution in [-0.2, 0) is 12.2 Å². The molecule has 26 heavy (non-hydrogen) atoms. The number of thioether (sulfide) groups is 1. The average Bonchev–Trinajstić information content (AvgIpc) is 2.98. The summed E-state index contributed by atoms with van der Waals surface area (Å²) in [5.41, 5.74) is 3.91. The van der Waals surface area contributed by atoms with E-state index in [4.69, 9.17) is 9.52 Å². The third-order valence-corrected chi connectivity index (χ3v) is 4.98. The van der Waals surface area contributed by atoms with Crippen LogP contribution in [0.5, 0.6) is 0 Å². The first kappa shape index (κ1) is 18.4. The fourth-order valence-electron chi connectivity index (χ4n) is 2.58. The number of aliphatic hydroxyl groups is 1. The molecule has 2 aromatic heterocycles. The Balaban J connectivity index is 1.76. The molecule has 2 N–H and O–H groups in total. The number of aryl methyl sites for hydroxylation is 3. The molecule has 3 rings (SSSR count). The van der Waals surface area contributed by atoms with Crippen molar-refractivity contribution in [3.8, 4) is 11.5 Å². The summed E-state index contributed by atoms with van der Waals surface area (Å²) in [6.45, 7) is 5.62. The largest absolute Gasteiger partial charge is 0.441 e. The second-order valence-corrected chi connectivity index (χ2v) is 7.05. The third-order valence-electron chi connectivity index (χ3n) is 4.10. The van der Waals surface area contributed by atoms with Gasteiger partial charge in [0, 0.05) is 35.6 Å². The molecule has 0 amide bonds. The minimum absolute atomic E-state index is 0.0714. The highest BCUT2D eigenvalue weighted by atomic mass is 32.2. The van der Waals surface area contributed by atoms with E-state index in [1.54, 1.807) is 6.92 Å². The summed E-state index contributed by atoms with van der Waals surface area (Å²) < 4.78 is 5.78. The number of rotatable bonds is 6. The number of hydrogen-bond acceptors (Lipinski definition) is 6. The summed E-state index contributed by atoms with van der Waals surface area (Å²) in [5, 5.41) is 9.56. The minimum atomic E-state index is -0.203. The summed E-state index contributed by atoms with van der Waals surface area (Å²) in [6.07, 6.45) is 0.307. The predicted molar refractivity (Wildman–Crippen MR) is 101 cm³/mol. The Hall–Kier alpha value is -2.38. The van der Waals surface area contributed by atoms with Gasteiger partial charge < -0.3 is 14.5 Å². The van der Waals surface area contributed by atoms with Crippen molar-refractivity contribution >= 4 is 11.8 Å². The number of H-pyrrole nitrogens is 1. The normalized spacial score (nSPS) is 11.1. The van der Waals surface area contributed by atoms with Crippen LogP contribution in [0.4, 0.5) is 0 Å². The van der Waals surface area contributed by atoms with Gasteiger partial charge in [-0.3, -0.25) is 4.79 Å². The number of benzene rings is 1. The Bertz CT molecular complexity index is 961. The van der Waals surface area contributed by atoms with Crippen molar-refractivity contribution in [1.82, 2.24) is 15.0 Å². The van der Waals surface area contributed by atoms with Gasteiger partial charge >= 0.3 is 0 Å². The van der Waals surface area contributed by atoms with Crippen LogP contribution in [0, 0.1) is 20.8 Å². The predicted octanol–water partition coefficient (Wildman–Crippen LogP) is 3.18. The lowest BCUT2D eigenvalue weighted by atomic mass is 10.1. The SMILES string of the molecule is Cc1ccc(-c2nc(CSc3nc(C)c(CCO)c(=O)[nH]3)c(C)o2)cc1. The molecule has 0 saturated carbocycles. The molecule has 2 heterocycles. The molecule has 7 heteroatoms. The highest BCUT2D eigenvalue weighted by molar-refractivity contribution is 7.98. The molecule has 1 aromatic carbocycles. The Morgan fingerprint density at radius 3 is 2.54 bits per heavy atom. The maximum atomic E-state index is 12.1. The van der Waals surface area contributed by atoms with E-state index in [9.17, 15) is 4.79 Å². The monoisotopic (exact) mass is 371 g/mol. The van der Waals surface area contributed by atoms with E-state index in [0.29, 0.717) is 34.5 Å². The topological polar surface area (TPSA) is 92.0 Å². The van der Waals surface area contributed by atoms with Crippen LogP contribution < -0.4 is 5.56 Å². The molecule has 6 nitrogen and oxygen atoms in total. The number of nitrogens with zero attached hydrogens (tertiary/aromatic N) is 2. The number of nitrogens with one attached hydrogen (secondary N) is 1. The van der Waals surface area contributed by atoms with Crippen LogP contribution in [0.3, 0.4) is 0 Å². The lowest BCUT2D eigenvalue weighted by molar-refractivity contribution is 0.298. The van der Waals surface area contributed by atoms with Crippen molar-refractivity contribution in [1.29, 1.82) is 0 Å². The van der Waals surface area contributed by atoms with Crippen molar-refractivity contribution in [2.24, 2.45) is 0 Å². The van der Waals surface area contributed by atoms with Crippen molar-refractivity contribution in [3.05, 3.63) is 62.9 Å². The number of oxazole rings is 1. The van der Waals surface area contributed by atoms with Crippen molar-refractivity contribution < 1.29 is 9.52 Å². The highest BCUT2D eigenvalue weighted by Gasteiger charge is 2.13. The van der Waals surface area contributed by atoms with Gasteiger partial charge in [-0.05, 0) is 32.9 Å². The van der Waals surface area contributed by atoms with E-state index in [1.165, 1.54) is 17.3 Å². The number of hydrogen-bond donors (Lipinski definition) is 2. The molecule has 0 atom stereocenters. The van der Waals surface area contributed by atoms with Crippen LogP contribution in [0.25, 0.3) is 11.5 Å². The van der Waals surface area contributed by atoms with Crippen molar-refractivity contribution in [3.63, 3.8) is 0 Å². The maximum absolute atomic E-state index is 12.1. The van der Waals surface area contributed by atoms with Gasteiger partial charge in [0.1, 0.15) is 5.76 Å². The Morgan fingerprint density at radius 2 is 1.88 bits per heavy atom. The van der Waals surface area contributed by atoms with Gasteiger partial charge in [-0.15, -0.1) is 0 Å². The first-order valence-corrected chi connectivity index (χ1v) is 9.33. The third kappa shape index (κ3) is 4.05. The number of aromatic amines is 1. The lowest BCUT2D eigenvalue weighted by Gasteiger charge is -2.05. The van der Waals surface area contributed by atoms with Crippen molar-refractivity contribution in [2.75, 3.05) is 6.61 Å². The quantitative estimate of drug-likeness (QED) is 0.511. The first-order valence-electron chi connectivity index (χ1n) is 8.34. The summed E-state index contributed by atoms with van der Waals surface area (Å²) in [7, 11) is 0. The van der Waals surface area contributed by atoms with Gasteiger partial charge in [-0.25, -0.2) is 9.97 Å². The molecule has 0 bridgehead atoms. The Morgan fingerprint density at radius 1 is 1.15 bits per heavy atom. The van der Waals surface area contributed by atoms with E-state index in [0.717, 1.165) is 17.0 Å². The summed E-state index contributed by atoms with van der Waals surface area (Å²) >= 11 is 1.40. The zero-order valence-electron chi connectivity index (χ0n) is 15.0. The first-order chi connectivity index (χ1) is 12.5. The van der Waals surface area contributed by atoms with Gasteiger partial charge in [-0.1, -0.05) is 29.5 Å². The smallest absolute Gasteiger partial charge is 0.255 e. The Kier molecular flexibility index (Phi) is 5.58. The zero-order valence-corrected chi connectivity index (χ0v) is 15.8. The fourth-order valence-corrected chi connectivity index (χ4v) is 3.49. The minimum Gasteiger partial charge on any atom is -0.441 e. The number of aliphatic hydroxyl groups excluding tert-OH is 1. The molecule has 0 radical (unpaired) electrons. The van der Waals surface area contributed by atoms with Crippen molar-refractivity contribution in [2.45, 2.75) is 38.1 Å². The van der Waals surface area contributed by atoms with Crippen LogP contribution in [0.1, 0.15) is 28.3 Å². The molecule has 0 aliphatic rings. The van der Waals surface area contributed by atoms with Crippen LogP contribution >= 0.6 is 11.8 Å². The maximum Gasteiger partial charge on any atom is 0.255 e. The van der Waals surface area contributed by atoms with Gasteiger partial charge in [0.15, 0.2) is 5.16 Å². The molecule has 3 aromatic rings. The Labute approximate surface area is 155 Å². The van der Waals surface area contributed by atoms with E-state index in [-0.39, 0.29) is 12.2 Å². The van der Waals surface area contributed by atoms with Crippen LogP contribution in [0.15, 0.2) is 38.6 Å². The molecular weight excluding hydrogens is 350 g/mol. The summed E-state index contributed by atoms with van der Waals surface area (Å²) in [6, 6.07) is 8.02. The van der Waals surface area contributed by atoms with E-state index in [2.05, 4.69) is 15.0 Å². The molecule has 0 saturated heterocycles. The fraction of sp³-hybridized carbons (Fsp3) is 0.316. The standard InChI is InChI=1S/C19H21N3O3S/c1-11-4-6-14(7-5-11)18-21-16(13(3)25-18)10-26-19-20-12(2)15(8-9-23)17(24)22-19/h4-7,23H,8-10H2,1-3H3,(H,20,22,24). The molecular formula is C19H21N3O3S.